The highest BCUT2D eigenvalue weighted by Gasteiger charge is 2.44. The summed E-state index contributed by atoms with van der Waals surface area (Å²) in [5, 5.41) is 0. The molecule has 0 unspecified atom stereocenters. The van der Waals surface area contributed by atoms with Gasteiger partial charge >= 0.3 is 5.97 Å². The molecule has 13 heteroatoms. The Morgan fingerprint density at radius 3 is 2.60 bits per heavy atom. The lowest BCUT2D eigenvalue weighted by Crippen LogP contribution is -2.35. The van der Waals surface area contributed by atoms with Crippen molar-refractivity contribution in [3.63, 3.8) is 0 Å². The van der Waals surface area contributed by atoms with Gasteiger partial charge in [0.05, 0.1) is 19.3 Å². The highest BCUT2D eigenvalue weighted by atomic mass is 32.2. The quantitative estimate of drug-likeness (QED) is 0.436. The summed E-state index contributed by atoms with van der Waals surface area (Å²) in [5.74, 6) is -2.31. The number of sulfonamides is 1. The van der Waals surface area contributed by atoms with Crippen molar-refractivity contribution in [2.45, 2.75) is 31.6 Å². The third kappa shape index (κ3) is 3.97. The number of aromatic nitrogens is 3. The van der Waals surface area contributed by atoms with Crippen molar-refractivity contribution in [3.8, 4) is 11.6 Å². The van der Waals surface area contributed by atoms with Gasteiger partial charge in [-0.1, -0.05) is 13.8 Å². The van der Waals surface area contributed by atoms with Gasteiger partial charge in [-0.05, 0) is 30.5 Å². The molecule has 12 nitrogen and oxygen atoms in total. The normalized spacial score (nSPS) is 14.3. The average molecular weight is 503 g/mol. The Labute approximate surface area is 200 Å². The molecule has 1 amide bonds. The van der Waals surface area contributed by atoms with Gasteiger partial charge in [0.15, 0.2) is 12.3 Å². The lowest BCUT2D eigenvalue weighted by atomic mass is 9.96. The molecule has 35 heavy (non-hydrogen) atoms. The van der Waals surface area contributed by atoms with Crippen molar-refractivity contribution in [1.29, 1.82) is 0 Å². The highest BCUT2D eigenvalue weighted by Crippen LogP contribution is 2.38. The summed E-state index contributed by atoms with van der Waals surface area (Å²) in [6, 6.07) is 4.35. The molecule has 0 aliphatic carbocycles. The largest absolute Gasteiger partial charge is 0.497 e. The maximum Gasteiger partial charge on any atom is 0.349 e. The van der Waals surface area contributed by atoms with E-state index in [4.69, 9.17) is 14.2 Å². The second kappa shape index (κ2) is 8.98. The van der Waals surface area contributed by atoms with E-state index in [9.17, 15) is 22.8 Å². The van der Waals surface area contributed by atoms with Gasteiger partial charge in [0.1, 0.15) is 10.6 Å². The Kier molecular flexibility index (Phi) is 6.19. The lowest BCUT2D eigenvalue weighted by molar-refractivity contribution is 0.0516. The van der Waals surface area contributed by atoms with Crippen LogP contribution in [0.1, 0.15) is 53.0 Å². The Hall–Kier alpha value is -4.00. The number of benzene rings is 1. The van der Waals surface area contributed by atoms with Crippen molar-refractivity contribution in [1.82, 2.24) is 18.7 Å². The number of rotatable bonds is 7. The van der Waals surface area contributed by atoms with Gasteiger partial charge in [0, 0.05) is 18.5 Å². The van der Waals surface area contributed by atoms with Crippen LogP contribution in [0.4, 0.5) is 0 Å². The second-order valence-corrected chi connectivity index (χ2v) is 9.61. The molecule has 184 valence electrons. The van der Waals surface area contributed by atoms with Gasteiger partial charge < -0.3 is 14.2 Å². The Balaban J connectivity index is 1.77. The highest BCUT2D eigenvalue weighted by molar-refractivity contribution is 7.90. The molecule has 0 N–H and O–H groups in total. The third-order valence-corrected chi connectivity index (χ3v) is 7.07. The molecule has 0 saturated carbocycles. The van der Waals surface area contributed by atoms with E-state index in [2.05, 4.69) is 9.97 Å². The van der Waals surface area contributed by atoms with Crippen molar-refractivity contribution in [2.75, 3.05) is 20.4 Å². The van der Waals surface area contributed by atoms with E-state index in [1.54, 1.807) is 13.0 Å². The summed E-state index contributed by atoms with van der Waals surface area (Å²) in [5.41, 5.74) is -0.858. The Morgan fingerprint density at radius 1 is 1.20 bits per heavy atom. The molecule has 1 aliphatic rings. The van der Waals surface area contributed by atoms with Crippen LogP contribution in [0.25, 0.3) is 5.78 Å². The fourth-order valence-electron chi connectivity index (χ4n) is 3.66. The SMILES string of the molecule is CCOC(=O)c1c(OCN2C(=O)c3c(C(C)C)cc(OC)cc3S2(=O)=O)nc2ncccn2c1=O. The number of nitrogens with zero attached hydrogens (tertiary/aromatic N) is 4. The summed E-state index contributed by atoms with van der Waals surface area (Å²) in [4.78, 5) is 46.4. The van der Waals surface area contributed by atoms with E-state index in [1.165, 1.54) is 31.6 Å². The predicted molar refractivity (Wildman–Crippen MR) is 121 cm³/mol. The smallest absolute Gasteiger partial charge is 0.349 e. The monoisotopic (exact) mass is 502 g/mol. The van der Waals surface area contributed by atoms with Crippen LogP contribution in [0.3, 0.4) is 0 Å². The fourth-order valence-corrected chi connectivity index (χ4v) is 5.13. The molecule has 0 saturated heterocycles. The van der Waals surface area contributed by atoms with Crippen molar-refractivity contribution in [2.24, 2.45) is 0 Å². The van der Waals surface area contributed by atoms with Crippen LogP contribution in [-0.2, 0) is 14.8 Å². The van der Waals surface area contributed by atoms with E-state index in [-0.39, 0.29) is 34.5 Å². The maximum absolute atomic E-state index is 13.2. The van der Waals surface area contributed by atoms with E-state index in [0.717, 1.165) is 4.40 Å². The first-order chi connectivity index (χ1) is 16.6. The third-order valence-electron chi connectivity index (χ3n) is 5.35. The number of ether oxygens (including phenoxy) is 3. The average Bonchev–Trinajstić information content (AvgIpc) is 3.01. The van der Waals surface area contributed by atoms with E-state index in [1.807, 2.05) is 13.8 Å². The first-order valence-electron chi connectivity index (χ1n) is 10.6. The Bertz CT molecular complexity index is 1510. The van der Waals surface area contributed by atoms with Gasteiger partial charge in [-0.15, -0.1) is 0 Å². The van der Waals surface area contributed by atoms with E-state index < -0.39 is 45.6 Å². The van der Waals surface area contributed by atoms with Crippen LogP contribution in [0, 0.1) is 0 Å². The van der Waals surface area contributed by atoms with Crippen LogP contribution in [-0.4, -0.2) is 59.4 Å². The number of carbonyl (C=O) groups excluding carboxylic acids is 2. The molecule has 0 radical (unpaired) electrons. The number of amides is 1. The predicted octanol–water partition coefficient (Wildman–Crippen LogP) is 1.58. The first-order valence-corrected chi connectivity index (χ1v) is 12.0. The molecule has 0 atom stereocenters. The summed E-state index contributed by atoms with van der Waals surface area (Å²) in [6.45, 7) is 4.33. The van der Waals surface area contributed by atoms with E-state index in [0.29, 0.717) is 9.87 Å². The van der Waals surface area contributed by atoms with Crippen LogP contribution in [0.15, 0.2) is 40.3 Å². The standard InChI is InChI=1S/C22H22N4O8S/c1-5-33-21(29)17-18(24-22-23-7-6-8-25(22)19(17)27)34-11-26-20(28)16-14(12(2)3)9-13(32-4)10-15(16)35(26,30)31/h6-10,12H,5,11H2,1-4H3. The van der Waals surface area contributed by atoms with Crippen LogP contribution < -0.4 is 15.0 Å². The fraction of sp³-hybridized carbons (Fsp3) is 0.318. The van der Waals surface area contributed by atoms with E-state index >= 15 is 0 Å². The molecule has 1 aliphatic heterocycles. The zero-order valence-corrected chi connectivity index (χ0v) is 20.2. The minimum Gasteiger partial charge on any atom is -0.497 e. The number of esters is 1. The van der Waals surface area contributed by atoms with Gasteiger partial charge in [-0.2, -0.15) is 9.29 Å². The summed E-state index contributed by atoms with van der Waals surface area (Å²) in [6.07, 6.45) is 2.73. The summed E-state index contributed by atoms with van der Waals surface area (Å²) in [7, 11) is -2.92. The van der Waals surface area contributed by atoms with Crippen LogP contribution in [0.2, 0.25) is 0 Å². The summed E-state index contributed by atoms with van der Waals surface area (Å²) < 4.78 is 43.7. The minimum atomic E-state index is -4.31. The number of fused-ring (bicyclic) bond motifs is 2. The molecule has 0 fully saturated rings. The van der Waals surface area contributed by atoms with Gasteiger partial charge in [0.25, 0.3) is 21.5 Å². The Morgan fingerprint density at radius 2 is 1.94 bits per heavy atom. The van der Waals surface area contributed by atoms with Crippen LogP contribution >= 0.6 is 0 Å². The zero-order valence-electron chi connectivity index (χ0n) is 19.3. The van der Waals surface area contributed by atoms with Crippen LogP contribution in [0.5, 0.6) is 11.6 Å². The minimum absolute atomic E-state index is 0.0169. The topological polar surface area (TPSA) is 146 Å². The zero-order chi connectivity index (χ0) is 25.5. The number of methoxy groups -OCH3 is 1. The molecule has 1 aromatic carbocycles. The van der Waals surface area contributed by atoms with Crippen molar-refractivity contribution >= 4 is 27.7 Å². The lowest BCUT2D eigenvalue weighted by Gasteiger charge is -2.17. The number of hydrogen-bond acceptors (Lipinski definition) is 10. The molecule has 3 aromatic rings. The molecule has 3 heterocycles. The second-order valence-electron chi connectivity index (χ2n) is 7.78. The van der Waals surface area contributed by atoms with Gasteiger partial charge in [-0.25, -0.2) is 18.2 Å². The van der Waals surface area contributed by atoms with Gasteiger partial charge in [0.2, 0.25) is 11.7 Å². The molecule has 0 spiro atoms. The molecule has 2 aromatic heterocycles. The number of carbonyl (C=O) groups is 2. The van der Waals surface area contributed by atoms with Crippen molar-refractivity contribution in [3.05, 3.63) is 57.6 Å². The summed E-state index contributed by atoms with van der Waals surface area (Å²) >= 11 is 0. The van der Waals surface area contributed by atoms with Gasteiger partial charge in [-0.3, -0.25) is 14.0 Å². The first kappa shape index (κ1) is 24.1. The molecular weight excluding hydrogens is 480 g/mol. The molecule has 4 rings (SSSR count). The maximum atomic E-state index is 13.2. The molecular formula is C22H22N4O8S. The van der Waals surface area contributed by atoms with Crippen molar-refractivity contribution < 1.29 is 32.2 Å². The number of hydrogen-bond donors (Lipinski definition) is 0. The molecule has 0 bridgehead atoms.